The van der Waals surface area contributed by atoms with E-state index < -0.39 is 0 Å². The Hall–Kier alpha value is -1.77. The molecule has 3 N–H and O–H groups in total. The van der Waals surface area contributed by atoms with Crippen LogP contribution in [0.4, 0.5) is 0 Å². The summed E-state index contributed by atoms with van der Waals surface area (Å²) in [4.78, 5) is 16.7. The zero-order valence-electron chi connectivity index (χ0n) is 17.3. The van der Waals surface area contributed by atoms with Gasteiger partial charge in [0.25, 0.3) is 0 Å². The van der Waals surface area contributed by atoms with Crippen LogP contribution in [0.3, 0.4) is 0 Å². The Morgan fingerprint density at radius 3 is 2.76 bits per heavy atom. The molecule has 29 heavy (non-hydrogen) atoms. The van der Waals surface area contributed by atoms with Gasteiger partial charge in [0.1, 0.15) is 0 Å². The third-order valence-electron chi connectivity index (χ3n) is 5.22. The topological polar surface area (TPSA) is 70.5 Å². The van der Waals surface area contributed by atoms with E-state index in [2.05, 4.69) is 69.0 Å². The monoisotopic (exact) mass is 511 g/mol. The second-order valence-electron chi connectivity index (χ2n) is 7.41. The highest BCUT2D eigenvalue weighted by Crippen LogP contribution is 2.17. The first-order valence-corrected chi connectivity index (χ1v) is 10.6. The summed E-state index contributed by atoms with van der Waals surface area (Å²) in [6.45, 7) is 5.15. The maximum atomic E-state index is 12.0. The summed E-state index contributed by atoms with van der Waals surface area (Å²) in [5.74, 6) is 0.920. The lowest BCUT2D eigenvalue weighted by Crippen LogP contribution is -2.40. The van der Waals surface area contributed by atoms with Crippen molar-refractivity contribution in [2.45, 2.75) is 58.0 Å². The van der Waals surface area contributed by atoms with E-state index >= 15 is 0 Å². The molecule has 1 aliphatic rings. The average Bonchev–Trinajstić information content (AvgIpc) is 3.35. The van der Waals surface area contributed by atoms with Crippen molar-refractivity contribution in [3.05, 3.63) is 36.5 Å². The number of rotatable bonds is 9. The van der Waals surface area contributed by atoms with Gasteiger partial charge in [0.05, 0.1) is 0 Å². The molecule has 1 aromatic heterocycles. The number of aromatic nitrogens is 1. The van der Waals surface area contributed by atoms with Crippen molar-refractivity contribution in [1.29, 1.82) is 0 Å². The molecule has 7 heteroatoms. The maximum absolute atomic E-state index is 12.0. The van der Waals surface area contributed by atoms with Crippen LogP contribution in [0.1, 0.15) is 45.4 Å². The number of guanidine groups is 1. The summed E-state index contributed by atoms with van der Waals surface area (Å²) in [5, 5.41) is 10.9. The molecule has 0 spiro atoms. The highest BCUT2D eigenvalue weighted by atomic mass is 127. The van der Waals surface area contributed by atoms with Crippen molar-refractivity contribution in [3.8, 4) is 0 Å². The molecule has 1 heterocycles. The lowest BCUT2D eigenvalue weighted by molar-refractivity contribution is -0.121. The number of nitrogens with zero attached hydrogens (tertiary/aromatic N) is 2. The van der Waals surface area contributed by atoms with Crippen LogP contribution in [-0.4, -0.2) is 42.1 Å². The molecule has 6 nitrogen and oxygen atoms in total. The van der Waals surface area contributed by atoms with Crippen molar-refractivity contribution in [2.24, 2.45) is 4.99 Å². The van der Waals surface area contributed by atoms with Crippen molar-refractivity contribution < 1.29 is 4.79 Å². The lowest BCUT2D eigenvalue weighted by atomic mass is 10.2. The van der Waals surface area contributed by atoms with E-state index in [1.165, 1.54) is 23.7 Å². The Kier molecular flexibility index (Phi) is 10.3. The maximum Gasteiger partial charge on any atom is 0.221 e. The number of hydrogen-bond donors (Lipinski definition) is 3. The molecule has 1 amide bonds. The van der Waals surface area contributed by atoms with Crippen LogP contribution in [0.5, 0.6) is 0 Å². The first-order valence-electron chi connectivity index (χ1n) is 10.6. The van der Waals surface area contributed by atoms with Gasteiger partial charge < -0.3 is 20.5 Å². The van der Waals surface area contributed by atoms with Gasteiger partial charge >= 0.3 is 0 Å². The molecule has 1 saturated carbocycles. The number of hydrogen-bond acceptors (Lipinski definition) is 2. The first-order chi connectivity index (χ1) is 13.8. The molecule has 0 radical (unpaired) electrons. The predicted molar refractivity (Wildman–Crippen MR) is 131 cm³/mol. The molecule has 0 atom stereocenters. The van der Waals surface area contributed by atoms with Crippen LogP contribution in [0.2, 0.25) is 0 Å². The van der Waals surface area contributed by atoms with E-state index in [1.807, 2.05) is 0 Å². The van der Waals surface area contributed by atoms with Gasteiger partial charge in [-0.3, -0.25) is 9.79 Å². The van der Waals surface area contributed by atoms with Gasteiger partial charge in [-0.25, -0.2) is 0 Å². The van der Waals surface area contributed by atoms with E-state index in [0.717, 1.165) is 44.9 Å². The zero-order chi connectivity index (χ0) is 19.6. The summed E-state index contributed by atoms with van der Waals surface area (Å²) in [5.41, 5.74) is 1.27. The number of benzene rings is 1. The molecule has 0 unspecified atom stereocenters. The van der Waals surface area contributed by atoms with Crippen molar-refractivity contribution >= 4 is 46.7 Å². The molecule has 1 fully saturated rings. The molecule has 0 bridgehead atoms. The van der Waals surface area contributed by atoms with Crippen LogP contribution < -0.4 is 16.0 Å². The predicted octanol–water partition coefficient (Wildman–Crippen LogP) is 3.65. The van der Waals surface area contributed by atoms with Crippen molar-refractivity contribution in [2.75, 3.05) is 19.6 Å². The van der Waals surface area contributed by atoms with Gasteiger partial charge in [0, 0.05) is 50.4 Å². The van der Waals surface area contributed by atoms with Gasteiger partial charge in [-0.2, -0.15) is 0 Å². The number of halogens is 1. The number of carbonyl (C=O) groups is 1. The van der Waals surface area contributed by atoms with E-state index in [0.29, 0.717) is 19.0 Å². The Morgan fingerprint density at radius 1 is 1.17 bits per heavy atom. The summed E-state index contributed by atoms with van der Waals surface area (Å²) in [6, 6.07) is 11.0. The molecule has 0 saturated heterocycles. The van der Waals surface area contributed by atoms with E-state index in [4.69, 9.17) is 0 Å². The standard InChI is InChI=1S/C22H33N5O.HI/c1-2-23-22(25-15-12-21(28)26-19-9-4-5-10-19)24-14-7-16-27-17-13-18-8-3-6-11-20(18)27;/h3,6,8,11,13,17,19H,2,4-5,7,9-10,12,14-16H2,1H3,(H,26,28)(H2,23,24,25);1H. The van der Waals surface area contributed by atoms with E-state index in [1.54, 1.807) is 0 Å². The van der Waals surface area contributed by atoms with E-state index in [-0.39, 0.29) is 29.9 Å². The quantitative estimate of drug-likeness (QED) is 0.208. The lowest BCUT2D eigenvalue weighted by Gasteiger charge is -2.14. The number of nitrogens with one attached hydrogen (secondary N) is 3. The number of aryl methyl sites for hydroxylation is 1. The van der Waals surface area contributed by atoms with Crippen LogP contribution in [-0.2, 0) is 11.3 Å². The smallest absolute Gasteiger partial charge is 0.221 e. The average molecular weight is 511 g/mol. The third-order valence-corrected chi connectivity index (χ3v) is 5.22. The largest absolute Gasteiger partial charge is 0.357 e. The van der Waals surface area contributed by atoms with Gasteiger partial charge in [0.15, 0.2) is 5.96 Å². The SMILES string of the molecule is CCNC(=NCCCn1ccc2ccccc21)NCCC(=O)NC1CCCC1.I. The van der Waals surface area contributed by atoms with Crippen molar-refractivity contribution in [3.63, 3.8) is 0 Å². The highest BCUT2D eigenvalue weighted by molar-refractivity contribution is 14.0. The van der Waals surface area contributed by atoms with Crippen LogP contribution >= 0.6 is 24.0 Å². The number of amides is 1. The summed E-state index contributed by atoms with van der Waals surface area (Å²) >= 11 is 0. The van der Waals surface area contributed by atoms with Gasteiger partial charge in [-0.05, 0) is 43.7 Å². The second kappa shape index (κ2) is 12.7. The zero-order valence-corrected chi connectivity index (χ0v) is 19.7. The summed E-state index contributed by atoms with van der Waals surface area (Å²) < 4.78 is 2.28. The minimum atomic E-state index is 0. The normalized spacial score (nSPS) is 14.6. The molecule has 1 aromatic carbocycles. The van der Waals surface area contributed by atoms with Crippen LogP contribution in [0, 0.1) is 0 Å². The second-order valence-corrected chi connectivity index (χ2v) is 7.41. The molecule has 0 aliphatic heterocycles. The molecule has 2 aromatic rings. The summed E-state index contributed by atoms with van der Waals surface area (Å²) in [6.07, 6.45) is 8.31. The van der Waals surface area contributed by atoms with Gasteiger partial charge in [-0.15, -0.1) is 24.0 Å². The van der Waals surface area contributed by atoms with Gasteiger partial charge in [0.2, 0.25) is 5.91 Å². The van der Waals surface area contributed by atoms with Crippen molar-refractivity contribution in [1.82, 2.24) is 20.5 Å². The fourth-order valence-corrected chi connectivity index (χ4v) is 3.77. The van der Waals surface area contributed by atoms with E-state index in [9.17, 15) is 4.79 Å². The number of carbonyl (C=O) groups excluding carboxylic acids is 1. The molecular formula is C22H34IN5O. The van der Waals surface area contributed by atoms with Crippen LogP contribution in [0.15, 0.2) is 41.5 Å². The Morgan fingerprint density at radius 2 is 1.97 bits per heavy atom. The minimum Gasteiger partial charge on any atom is -0.357 e. The fraction of sp³-hybridized carbons (Fsp3) is 0.545. The number of aliphatic imine (C=N–C) groups is 1. The Labute approximate surface area is 190 Å². The Balaban J connectivity index is 0.00000300. The Bertz CT molecular complexity index is 782. The number of fused-ring (bicyclic) bond motifs is 1. The molecule has 1 aliphatic carbocycles. The third kappa shape index (κ3) is 7.53. The molecular weight excluding hydrogens is 477 g/mol. The fourth-order valence-electron chi connectivity index (χ4n) is 3.77. The summed E-state index contributed by atoms with van der Waals surface area (Å²) in [7, 11) is 0. The van der Waals surface area contributed by atoms with Crippen LogP contribution in [0.25, 0.3) is 10.9 Å². The number of para-hydroxylation sites is 1. The molecule has 3 rings (SSSR count). The minimum absolute atomic E-state index is 0. The van der Waals surface area contributed by atoms with Gasteiger partial charge in [-0.1, -0.05) is 31.0 Å². The highest BCUT2D eigenvalue weighted by Gasteiger charge is 2.16. The molecule has 160 valence electrons. The first kappa shape index (κ1) is 23.5.